The molecule has 2 heteroatoms. The van der Waals surface area contributed by atoms with E-state index in [1.165, 1.54) is 12.8 Å². The first-order valence-electron chi connectivity index (χ1n) is 3.99. The third-order valence-electron chi connectivity index (χ3n) is 1.50. The van der Waals surface area contributed by atoms with Crippen LogP contribution in [-0.2, 0) is 4.84 Å². The predicted molar refractivity (Wildman–Crippen MR) is 46.3 cm³/mol. The molecule has 0 radical (unpaired) electrons. The molecule has 0 saturated carbocycles. The van der Waals surface area contributed by atoms with Crippen LogP contribution in [0.2, 0.25) is 0 Å². The van der Waals surface area contributed by atoms with Gasteiger partial charge in [-0.1, -0.05) is 24.6 Å². The van der Waals surface area contributed by atoms with Crippen LogP contribution in [-0.4, -0.2) is 5.71 Å². The fourth-order valence-electron chi connectivity index (χ4n) is 0.863. The van der Waals surface area contributed by atoms with E-state index in [0.717, 1.165) is 12.1 Å². The molecule has 0 N–H and O–H groups in total. The number of hydrogen-bond acceptors (Lipinski definition) is 2. The Morgan fingerprint density at radius 3 is 3.18 bits per heavy atom. The summed E-state index contributed by atoms with van der Waals surface area (Å²) >= 11 is 0. The van der Waals surface area contributed by atoms with Crippen molar-refractivity contribution in [3.05, 3.63) is 24.5 Å². The van der Waals surface area contributed by atoms with Crippen molar-refractivity contribution < 1.29 is 4.84 Å². The normalized spacial score (nSPS) is 15.5. The van der Waals surface area contributed by atoms with Crippen LogP contribution in [0.4, 0.5) is 0 Å². The zero-order chi connectivity index (χ0) is 7.94. The van der Waals surface area contributed by atoms with Crippen LogP contribution >= 0.6 is 0 Å². The highest BCUT2D eigenvalue weighted by Gasteiger charge is 1.95. The Hall–Kier alpha value is -1.05. The van der Waals surface area contributed by atoms with Crippen LogP contribution in [0.5, 0.6) is 0 Å². The van der Waals surface area contributed by atoms with E-state index in [1.54, 1.807) is 6.26 Å². The summed E-state index contributed by atoms with van der Waals surface area (Å²) < 4.78 is 0. The van der Waals surface area contributed by atoms with Crippen molar-refractivity contribution in [1.82, 2.24) is 0 Å². The highest BCUT2D eigenvalue weighted by molar-refractivity contribution is 5.94. The molecule has 1 heterocycles. The molecule has 0 aromatic heterocycles. The summed E-state index contributed by atoms with van der Waals surface area (Å²) in [6.07, 6.45) is 10.7. The van der Waals surface area contributed by atoms with Crippen LogP contribution < -0.4 is 0 Å². The molecule has 0 amide bonds. The molecular weight excluding hydrogens is 138 g/mol. The van der Waals surface area contributed by atoms with E-state index >= 15 is 0 Å². The van der Waals surface area contributed by atoms with Crippen molar-refractivity contribution in [1.29, 1.82) is 0 Å². The Morgan fingerprint density at radius 1 is 1.45 bits per heavy atom. The summed E-state index contributed by atoms with van der Waals surface area (Å²) in [5.74, 6) is 0. The number of rotatable bonds is 3. The third-order valence-corrected chi connectivity index (χ3v) is 1.50. The highest BCUT2D eigenvalue weighted by atomic mass is 16.6. The molecule has 0 spiro atoms. The Morgan fingerprint density at radius 2 is 2.36 bits per heavy atom. The predicted octanol–water partition coefficient (Wildman–Crippen LogP) is 2.63. The van der Waals surface area contributed by atoms with Gasteiger partial charge in [-0.3, -0.25) is 0 Å². The number of unbranched alkanes of at least 4 members (excludes halogenated alkanes) is 1. The number of hydrogen-bond donors (Lipinski definition) is 0. The summed E-state index contributed by atoms with van der Waals surface area (Å²) in [7, 11) is 0. The second kappa shape index (κ2) is 4.72. The molecule has 0 atom stereocenters. The van der Waals surface area contributed by atoms with Gasteiger partial charge in [0, 0.05) is 0 Å². The molecule has 0 fully saturated rings. The minimum Gasteiger partial charge on any atom is -0.365 e. The lowest BCUT2D eigenvalue weighted by atomic mass is 10.2. The Balaban J connectivity index is 2.38. The first-order valence-corrected chi connectivity index (χ1v) is 3.99. The van der Waals surface area contributed by atoms with Gasteiger partial charge in [-0.15, -0.1) is 0 Å². The molecule has 0 aromatic carbocycles. The summed E-state index contributed by atoms with van der Waals surface area (Å²) in [5.41, 5.74) is 1.02. The van der Waals surface area contributed by atoms with Crippen molar-refractivity contribution in [3.8, 4) is 0 Å². The summed E-state index contributed by atoms with van der Waals surface area (Å²) in [4.78, 5) is 4.85. The molecule has 11 heavy (non-hydrogen) atoms. The number of allylic oxidation sites excluding steroid dienone is 3. The lowest BCUT2D eigenvalue weighted by molar-refractivity contribution is 0.268. The molecule has 60 valence electrons. The third kappa shape index (κ3) is 3.03. The number of oxime groups is 1. The van der Waals surface area contributed by atoms with E-state index in [1.807, 2.05) is 18.2 Å². The topological polar surface area (TPSA) is 21.6 Å². The molecule has 1 aliphatic heterocycles. The van der Waals surface area contributed by atoms with Gasteiger partial charge in [0.15, 0.2) is 0 Å². The maximum atomic E-state index is 4.85. The van der Waals surface area contributed by atoms with Crippen molar-refractivity contribution in [3.63, 3.8) is 0 Å². The molecule has 1 rings (SSSR count). The monoisotopic (exact) mass is 151 g/mol. The van der Waals surface area contributed by atoms with E-state index in [-0.39, 0.29) is 0 Å². The quantitative estimate of drug-likeness (QED) is 0.607. The minimum atomic E-state index is 1.01. The molecular formula is C9H13NO. The summed E-state index contributed by atoms with van der Waals surface area (Å²) in [5, 5.41) is 3.90. The zero-order valence-electron chi connectivity index (χ0n) is 6.79. The molecule has 0 saturated heterocycles. The average molecular weight is 151 g/mol. The zero-order valence-corrected chi connectivity index (χ0v) is 6.79. The summed E-state index contributed by atoms with van der Waals surface area (Å²) in [6, 6.07) is 0. The van der Waals surface area contributed by atoms with Crippen molar-refractivity contribution in [2.75, 3.05) is 0 Å². The van der Waals surface area contributed by atoms with Gasteiger partial charge in [0.25, 0.3) is 0 Å². The number of nitrogens with zero attached hydrogens (tertiary/aromatic N) is 1. The fourth-order valence-corrected chi connectivity index (χ4v) is 0.863. The van der Waals surface area contributed by atoms with Gasteiger partial charge in [0.2, 0.25) is 0 Å². The van der Waals surface area contributed by atoms with E-state index in [0.29, 0.717) is 0 Å². The first-order chi connectivity index (χ1) is 5.43. The molecule has 0 unspecified atom stereocenters. The minimum absolute atomic E-state index is 1.01. The highest BCUT2D eigenvalue weighted by Crippen LogP contribution is 2.01. The van der Waals surface area contributed by atoms with Gasteiger partial charge in [0.1, 0.15) is 6.26 Å². The maximum absolute atomic E-state index is 4.85. The molecule has 0 aromatic rings. The van der Waals surface area contributed by atoms with Crippen LogP contribution in [0.3, 0.4) is 0 Å². The standard InChI is InChI=1S/C9H13NO/c1-2-3-6-9-7-4-5-8-11-10-9/h4-5,7-8H,2-3,6H2,1H3. The van der Waals surface area contributed by atoms with Gasteiger partial charge in [-0.25, -0.2) is 0 Å². The van der Waals surface area contributed by atoms with Crippen LogP contribution in [0.15, 0.2) is 29.6 Å². The first kappa shape index (κ1) is 8.05. The molecule has 1 aliphatic rings. The van der Waals surface area contributed by atoms with Gasteiger partial charge in [-0.2, -0.15) is 0 Å². The van der Waals surface area contributed by atoms with Gasteiger partial charge in [0.05, 0.1) is 5.71 Å². The largest absolute Gasteiger partial charge is 0.365 e. The lowest BCUT2D eigenvalue weighted by Crippen LogP contribution is -1.92. The Kier molecular flexibility index (Phi) is 3.45. The second-order valence-electron chi connectivity index (χ2n) is 2.48. The SMILES string of the molecule is CCCCC1=NOC=CC=C1. The molecule has 0 aliphatic carbocycles. The Bertz CT molecular complexity index is 192. The van der Waals surface area contributed by atoms with E-state index < -0.39 is 0 Å². The van der Waals surface area contributed by atoms with Crippen LogP contribution in [0.1, 0.15) is 26.2 Å². The molecule has 2 nitrogen and oxygen atoms in total. The van der Waals surface area contributed by atoms with Crippen LogP contribution in [0.25, 0.3) is 0 Å². The summed E-state index contributed by atoms with van der Waals surface area (Å²) in [6.45, 7) is 2.17. The lowest BCUT2D eigenvalue weighted by Gasteiger charge is -1.95. The second-order valence-corrected chi connectivity index (χ2v) is 2.48. The van der Waals surface area contributed by atoms with E-state index in [9.17, 15) is 0 Å². The van der Waals surface area contributed by atoms with Crippen molar-refractivity contribution in [2.24, 2.45) is 5.16 Å². The van der Waals surface area contributed by atoms with E-state index in [2.05, 4.69) is 12.1 Å². The average Bonchev–Trinajstić information content (AvgIpc) is 2.28. The Labute approximate surface area is 67.2 Å². The van der Waals surface area contributed by atoms with Gasteiger partial charge < -0.3 is 4.84 Å². The van der Waals surface area contributed by atoms with Crippen molar-refractivity contribution >= 4 is 5.71 Å². The van der Waals surface area contributed by atoms with E-state index in [4.69, 9.17) is 4.84 Å². The van der Waals surface area contributed by atoms with Gasteiger partial charge >= 0.3 is 0 Å². The fraction of sp³-hybridized carbons (Fsp3) is 0.444. The van der Waals surface area contributed by atoms with Crippen LogP contribution in [0, 0.1) is 0 Å². The van der Waals surface area contributed by atoms with Gasteiger partial charge in [-0.05, 0) is 25.0 Å². The molecule has 0 bridgehead atoms. The maximum Gasteiger partial charge on any atom is 0.122 e. The smallest absolute Gasteiger partial charge is 0.122 e. The van der Waals surface area contributed by atoms with Crippen molar-refractivity contribution in [2.45, 2.75) is 26.2 Å².